The molecule has 1 fully saturated rings. The molecule has 156 valence electrons. The molecule has 32 heavy (non-hydrogen) atoms. The fourth-order valence-electron chi connectivity index (χ4n) is 3.74. The SMILES string of the molecule is O=c1[nH]ccc2cc(Oc3ccnc(-c4ccc(-n5cnc(C6CC6)c5)cc4)n3)ccc12. The van der Waals surface area contributed by atoms with Crippen molar-refractivity contribution in [3.05, 3.63) is 95.6 Å². The van der Waals surface area contributed by atoms with Gasteiger partial charge in [-0.05, 0) is 66.8 Å². The van der Waals surface area contributed by atoms with Gasteiger partial charge in [-0.1, -0.05) is 0 Å². The molecule has 1 aliphatic carbocycles. The van der Waals surface area contributed by atoms with Gasteiger partial charge in [-0.15, -0.1) is 0 Å². The van der Waals surface area contributed by atoms with Crippen molar-refractivity contribution >= 4 is 10.8 Å². The van der Waals surface area contributed by atoms with E-state index in [-0.39, 0.29) is 5.56 Å². The lowest BCUT2D eigenvalue weighted by atomic mass is 10.2. The molecule has 0 spiro atoms. The lowest BCUT2D eigenvalue weighted by Gasteiger charge is -2.08. The largest absolute Gasteiger partial charge is 0.439 e. The molecule has 7 nitrogen and oxygen atoms in total. The predicted octanol–water partition coefficient (Wildman–Crippen LogP) is 4.84. The van der Waals surface area contributed by atoms with E-state index in [1.807, 2.05) is 47.3 Å². The Labute approximate surface area is 183 Å². The molecule has 0 atom stereocenters. The molecule has 0 bridgehead atoms. The highest BCUT2D eigenvalue weighted by molar-refractivity contribution is 5.82. The third kappa shape index (κ3) is 3.54. The molecule has 7 heteroatoms. The van der Waals surface area contributed by atoms with Gasteiger partial charge in [-0.25, -0.2) is 9.97 Å². The summed E-state index contributed by atoms with van der Waals surface area (Å²) in [6.07, 6.45) is 9.75. The Morgan fingerprint density at radius 2 is 1.88 bits per heavy atom. The number of fused-ring (bicyclic) bond motifs is 1. The van der Waals surface area contributed by atoms with Gasteiger partial charge in [-0.3, -0.25) is 4.79 Å². The first-order valence-corrected chi connectivity index (χ1v) is 10.5. The van der Waals surface area contributed by atoms with Crippen molar-refractivity contribution in [2.75, 3.05) is 0 Å². The third-order valence-electron chi connectivity index (χ3n) is 5.62. The Kier molecular flexibility index (Phi) is 4.31. The van der Waals surface area contributed by atoms with Crippen LogP contribution in [0, 0.1) is 0 Å². The van der Waals surface area contributed by atoms with Crippen LogP contribution in [0.15, 0.2) is 84.3 Å². The molecule has 0 saturated heterocycles. The highest BCUT2D eigenvalue weighted by Crippen LogP contribution is 2.39. The number of hydrogen-bond donors (Lipinski definition) is 1. The Bertz CT molecular complexity index is 1480. The van der Waals surface area contributed by atoms with E-state index in [0.717, 1.165) is 16.6 Å². The summed E-state index contributed by atoms with van der Waals surface area (Å²) in [6.45, 7) is 0. The molecule has 1 aliphatic rings. The van der Waals surface area contributed by atoms with Gasteiger partial charge in [0, 0.05) is 47.2 Å². The molecule has 2 aromatic carbocycles. The van der Waals surface area contributed by atoms with Crippen LogP contribution in [0.2, 0.25) is 0 Å². The number of H-pyrrole nitrogens is 1. The van der Waals surface area contributed by atoms with Crippen LogP contribution in [0.25, 0.3) is 27.8 Å². The molecule has 0 aliphatic heterocycles. The van der Waals surface area contributed by atoms with E-state index in [4.69, 9.17) is 4.74 Å². The number of hydrogen-bond acceptors (Lipinski definition) is 5. The van der Waals surface area contributed by atoms with Gasteiger partial charge >= 0.3 is 0 Å². The summed E-state index contributed by atoms with van der Waals surface area (Å²) in [5.41, 5.74) is 2.99. The number of benzene rings is 2. The highest BCUT2D eigenvalue weighted by Gasteiger charge is 2.25. The van der Waals surface area contributed by atoms with E-state index in [0.29, 0.717) is 28.8 Å². The van der Waals surface area contributed by atoms with Crippen LogP contribution in [0.4, 0.5) is 0 Å². The minimum absolute atomic E-state index is 0.124. The second-order valence-corrected chi connectivity index (χ2v) is 7.90. The second-order valence-electron chi connectivity index (χ2n) is 7.90. The monoisotopic (exact) mass is 421 g/mol. The summed E-state index contributed by atoms with van der Waals surface area (Å²) in [4.78, 5) is 28.0. The number of nitrogens with one attached hydrogen (secondary N) is 1. The molecule has 0 unspecified atom stereocenters. The zero-order valence-corrected chi connectivity index (χ0v) is 17.1. The average Bonchev–Trinajstić information content (AvgIpc) is 3.56. The molecule has 3 heterocycles. The van der Waals surface area contributed by atoms with Gasteiger partial charge < -0.3 is 14.3 Å². The van der Waals surface area contributed by atoms with Crippen molar-refractivity contribution in [2.24, 2.45) is 0 Å². The van der Waals surface area contributed by atoms with E-state index in [1.54, 1.807) is 30.6 Å². The molecule has 3 aromatic heterocycles. The van der Waals surface area contributed by atoms with E-state index in [1.165, 1.54) is 18.5 Å². The standard InChI is InChI=1S/C25H19N5O2/c31-25-21-8-7-20(13-18(21)9-11-27-25)32-23-10-12-26-24(29-23)17-3-5-19(6-4-17)30-14-22(28-15-30)16-1-2-16/h3-16H,1-2H2,(H,27,31). The minimum Gasteiger partial charge on any atom is -0.439 e. The van der Waals surface area contributed by atoms with Gasteiger partial charge in [0.25, 0.3) is 5.56 Å². The van der Waals surface area contributed by atoms with Gasteiger partial charge in [0.2, 0.25) is 5.88 Å². The summed E-state index contributed by atoms with van der Waals surface area (Å²) in [5, 5.41) is 1.42. The fourth-order valence-corrected chi connectivity index (χ4v) is 3.74. The van der Waals surface area contributed by atoms with Crippen molar-refractivity contribution in [3.63, 3.8) is 0 Å². The molecular weight excluding hydrogens is 402 g/mol. The van der Waals surface area contributed by atoms with Gasteiger partial charge in [0.15, 0.2) is 5.82 Å². The molecule has 5 aromatic rings. The molecule has 6 rings (SSSR count). The topological polar surface area (TPSA) is 85.7 Å². The lowest BCUT2D eigenvalue weighted by Crippen LogP contribution is -2.04. The smallest absolute Gasteiger partial charge is 0.255 e. The highest BCUT2D eigenvalue weighted by atomic mass is 16.5. The van der Waals surface area contributed by atoms with E-state index < -0.39 is 0 Å². The maximum atomic E-state index is 11.9. The number of pyridine rings is 1. The predicted molar refractivity (Wildman–Crippen MR) is 121 cm³/mol. The Morgan fingerprint density at radius 1 is 1.00 bits per heavy atom. The van der Waals surface area contributed by atoms with Crippen LogP contribution < -0.4 is 10.3 Å². The van der Waals surface area contributed by atoms with Crippen LogP contribution in [0.5, 0.6) is 11.6 Å². The van der Waals surface area contributed by atoms with Crippen molar-refractivity contribution in [1.82, 2.24) is 24.5 Å². The number of rotatable bonds is 5. The second kappa shape index (κ2) is 7.46. The number of aromatic amines is 1. The van der Waals surface area contributed by atoms with Crippen molar-refractivity contribution < 1.29 is 4.74 Å². The molecule has 1 saturated carbocycles. The van der Waals surface area contributed by atoms with Crippen molar-refractivity contribution in [2.45, 2.75) is 18.8 Å². The lowest BCUT2D eigenvalue weighted by molar-refractivity contribution is 0.463. The summed E-state index contributed by atoms with van der Waals surface area (Å²) in [7, 11) is 0. The maximum Gasteiger partial charge on any atom is 0.255 e. The van der Waals surface area contributed by atoms with E-state index in [2.05, 4.69) is 26.1 Å². The average molecular weight is 421 g/mol. The number of aromatic nitrogens is 5. The first kappa shape index (κ1) is 18.5. The molecular formula is C25H19N5O2. The van der Waals surface area contributed by atoms with Crippen LogP contribution in [0.3, 0.4) is 0 Å². The first-order chi connectivity index (χ1) is 15.7. The third-order valence-corrected chi connectivity index (χ3v) is 5.62. The summed E-state index contributed by atoms with van der Waals surface area (Å²) < 4.78 is 7.98. The maximum absolute atomic E-state index is 11.9. The summed E-state index contributed by atoms with van der Waals surface area (Å²) >= 11 is 0. The number of nitrogens with zero attached hydrogens (tertiary/aromatic N) is 4. The Morgan fingerprint density at radius 3 is 2.72 bits per heavy atom. The summed E-state index contributed by atoms with van der Waals surface area (Å²) in [6, 6.07) is 16.9. The van der Waals surface area contributed by atoms with Crippen LogP contribution >= 0.6 is 0 Å². The number of imidazole rings is 1. The summed E-state index contributed by atoms with van der Waals surface area (Å²) in [5.74, 6) is 2.26. The van der Waals surface area contributed by atoms with Gasteiger partial charge in [0.1, 0.15) is 5.75 Å². The zero-order valence-electron chi connectivity index (χ0n) is 17.1. The molecule has 0 radical (unpaired) electrons. The quantitative estimate of drug-likeness (QED) is 0.439. The minimum atomic E-state index is -0.124. The van der Waals surface area contributed by atoms with Gasteiger partial charge in [-0.2, -0.15) is 4.98 Å². The van der Waals surface area contributed by atoms with Crippen molar-refractivity contribution in [1.29, 1.82) is 0 Å². The van der Waals surface area contributed by atoms with E-state index >= 15 is 0 Å². The van der Waals surface area contributed by atoms with Gasteiger partial charge in [0.05, 0.1) is 12.0 Å². The van der Waals surface area contributed by atoms with Crippen LogP contribution in [-0.4, -0.2) is 24.5 Å². The molecule has 0 amide bonds. The van der Waals surface area contributed by atoms with Crippen LogP contribution in [0.1, 0.15) is 24.5 Å². The zero-order chi connectivity index (χ0) is 21.5. The van der Waals surface area contributed by atoms with E-state index in [9.17, 15) is 4.79 Å². The first-order valence-electron chi connectivity index (χ1n) is 10.5. The Balaban J connectivity index is 1.24. The number of ether oxygens (including phenoxy) is 1. The normalized spacial score (nSPS) is 13.4. The molecule has 1 N–H and O–H groups in total. The van der Waals surface area contributed by atoms with Crippen LogP contribution in [-0.2, 0) is 0 Å². The Hall–Kier alpha value is -4.26. The fraction of sp³-hybridized carbons (Fsp3) is 0.120. The van der Waals surface area contributed by atoms with Crippen molar-refractivity contribution in [3.8, 4) is 28.7 Å².